The van der Waals surface area contributed by atoms with Crippen molar-refractivity contribution in [3.05, 3.63) is 17.5 Å². The Hall–Kier alpha value is -1.85. The van der Waals surface area contributed by atoms with Crippen molar-refractivity contribution in [2.75, 3.05) is 6.61 Å². The fourth-order valence-corrected chi connectivity index (χ4v) is 1.90. The third-order valence-electron chi connectivity index (χ3n) is 3.02. The van der Waals surface area contributed by atoms with Gasteiger partial charge in [-0.25, -0.2) is 0 Å². The molecule has 1 heterocycles. The summed E-state index contributed by atoms with van der Waals surface area (Å²) in [4.78, 5) is 23.3. The zero-order chi connectivity index (χ0) is 14.6. The number of carboxylic acids is 1. The van der Waals surface area contributed by atoms with E-state index >= 15 is 0 Å². The highest BCUT2D eigenvalue weighted by Crippen LogP contribution is 2.25. The fraction of sp³-hybridized carbons (Fsp3) is 0.615. The number of aryl methyl sites for hydroxylation is 2. The van der Waals surface area contributed by atoms with E-state index in [0.717, 1.165) is 11.4 Å². The predicted octanol–water partition coefficient (Wildman–Crippen LogP) is 1.41. The molecule has 0 fully saturated rings. The summed E-state index contributed by atoms with van der Waals surface area (Å²) in [7, 11) is 0. The Labute approximate surface area is 112 Å². The lowest BCUT2D eigenvalue weighted by Gasteiger charge is -2.22. The maximum Gasteiger partial charge on any atom is 0.323 e. The van der Waals surface area contributed by atoms with E-state index in [1.165, 1.54) is 6.92 Å². The van der Waals surface area contributed by atoms with E-state index in [1.54, 1.807) is 17.7 Å². The lowest BCUT2D eigenvalue weighted by Crippen LogP contribution is -2.40. The molecule has 1 aromatic rings. The minimum absolute atomic E-state index is 0.0653. The standard InChI is InChI=1S/C13H20N2O4/c1-5-15-10(7-9(3)14-15)8-13(4,11(16)17)12(18)19-6-2/h7H,5-6,8H2,1-4H3,(H,16,17). The molecule has 0 amide bonds. The van der Waals surface area contributed by atoms with E-state index < -0.39 is 17.4 Å². The van der Waals surface area contributed by atoms with E-state index in [9.17, 15) is 14.7 Å². The second-order valence-electron chi connectivity index (χ2n) is 4.63. The van der Waals surface area contributed by atoms with Gasteiger partial charge in [0.05, 0.1) is 12.3 Å². The Kier molecular flexibility index (Phi) is 4.69. The predicted molar refractivity (Wildman–Crippen MR) is 68.7 cm³/mol. The molecule has 0 aromatic carbocycles. The molecule has 0 aliphatic rings. The van der Waals surface area contributed by atoms with Crippen molar-refractivity contribution in [1.82, 2.24) is 9.78 Å². The average molecular weight is 268 g/mol. The topological polar surface area (TPSA) is 81.4 Å². The van der Waals surface area contributed by atoms with Crippen LogP contribution < -0.4 is 0 Å². The van der Waals surface area contributed by atoms with E-state index in [2.05, 4.69) is 5.10 Å². The number of rotatable bonds is 6. The number of aliphatic carboxylic acids is 1. The number of nitrogens with zero attached hydrogens (tertiary/aromatic N) is 2. The molecule has 1 atom stereocenters. The second kappa shape index (κ2) is 5.86. The lowest BCUT2D eigenvalue weighted by molar-refractivity contribution is -0.167. The Morgan fingerprint density at radius 1 is 1.47 bits per heavy atom. The van der Waals surface area contributed by atoms with E-state index in [0.29, 0.717) is 6.54 Å². The van der Waals surface area contributed by atoms with Gasteiger partial charge in [-0.15, -0.1) is 0 Å². The molecule has 0 spiro atoms. The number of carbonyl (C=O) groups is 2. The fourth-order valence-electron chi connectivity index (χ4n) is 1.90. The van der Waals surface area contributed by atoms with Gasteiger partial charge < -0.3 is 9.84 Å². The zero-order valence-electron chi connectivity index (χ0n) is 11.8. The molecule has 106 valence electrons. The van der Waals surface area contributed by atoms with Crippen molar-refractivity contribution < 1.29 is 19.4 Å². The van der Waals surface area contributed by atoms with Crippen LogP contribution in [0.4, 0.5) is 0 Å². The molecule has 0 aliphatic carbocycles. The minimum Gasteiger partial charge on any atom is -0.480 e. The Balaban J connectivity index is 3.08. The Morgan fingerprint density at radius 3 is 2.58 bits per heavy atom. The largest absolute Gasteiger partial charge is 0.480 e. The first-order valence-electron chi connectivity index (χ1n) is 6.29. The van der Waals surface area contributed by atoms with Gasteiger partial charge >= 0.3 is 11.9 Å². The molecular weight excluding hydrogens is 248 g/mol. The normalized spacial score (nSPS) is 13.9. The van der Waals surface area contributed by atoms with Crippen molar-refractivity contribution in [2.24, 2.45) is 5.41 Å². The van der Waals surface area contributed by atoms with E-state index in [1.807, 2.05) is 13.8 Å². The van der Waals surface area contributed by atoms with Crippen molar-refractivity contribution in [1.29, 1.82) is 0 Å². The van der Waals surface area contributed by atoms with Gasteiger partial charge in [0.1, 0.15) is 0 Å². The first-order chi connectivity index (χ1) is 8.85. The third-order valence-corrected chi connectivity index (χ3v) is 3.02. The number of ether oxygens (including phenoxy) is 1. The SMILES string of the molecule is CCOC(=O)C(C)(Cc1cc(C)nn1CC)C(=O)O. The molecule has 0 aliphatic heterocycles. The summed E-state index contributed by atoms with van der Waals surface area (Å²) >= 11 is 0. The summed E-state index contributed by atoms with van der Waals surface area (Å²) < 4.78 is 6.58. The van der Waals surface area contributed by atoms with Gasteiger partial charge in [-0.05, 0) is 33.8 Å². The van der Waals surface area contributed by atoms with E-state index in [4.69, 9.17) is 4.74 Å². The highest BCUT2D eigenvalue weighted by atomic mass is 16.5. The first kappa shape index (κ1) is 15.2. The van der Waals surface area contributed by atoms with Crippen LogP contribution in [0.15, 0.2) is 6.07 Å². The summed E-state index contributed by atoms with van der Waals surface area (Å²) in [6.07, 6.45) is 0.0653. The summed E-state index contributed by atoms with van der Waals surface area (Å²) in [6, 6.07) is 1.80. The third kappa shape index (κ3) is 3.13. The van der Waals surface area contributed by atoms with E-state index in [-0.39, 0.29) is 13.0 Å². The first-order valence-corrected chi connectivity index (χ1v) is 6.29. The Morgan fingerprint density at radius 2 is 2.11 bits per heavy atom. The average Bonchev–Trinajstić information content (AvgIpc) is 2.69. The number of esters is 1. The van der Waals surface area contributed by atoms with Gasteiger partial charge in [-0.2, -0.15) is 5.10 Å². The molecule has 6 heteroatoms. The maximum atomic E-state index is 11.9. The molecular formula is C13H20N2O4. The molecule has 19 heavy (non-hydrogen) atoms. The van der Waals surface area contributed by atoms with Gasteiger partial charge in [0, 0.05) is 18.7 Å². The van der Waals surface area contributed by atoms with Crippen molar-refractivity contribution in [2.45, 2.75) is 40.7 Å². The summed E-state index contributed by atoms with van der Waals surface area (Å²) in [5.74, 6) is -1.91. The van der Waals surface area contributed by atoms with Gasteiger partial charge in [-0.3, -0.25) is 14.3 Å². The van der Waals surface area contributed by atoms with Crippen LogP contribution in [0.1, 0.15) is 32.2 Å². The van der Waals surface area contributed by atoms with Crippen LogP contribution in [-0.4, -0.2) is 33.4 Å². The summed E-state index contributed by atoms with van der Waals surface area (Å²) in [5, 5.41) is 13.6. The lowest BCUT2D eigenvalue weighted by atomic mass is 9.85. The summed E-state index contributed by atoms with van der Waals surface area (Å²) in [5.41, 5.74) is -0.0681. The molecule has 1 rings (SSSR count). The number of carboxylic acid groups (broad SMARTS) is 1. The van der Waals surface area contributed by atoms with Crippen molar-refractivity contribution in [3.63, 3.8) is 0 Å². The Bertz CT molecular complexity index is 481. The quantitative estimate of drug-likeness (QED) is 0.623. The van der Waals surface area contributed by atoms with Crippen LogP contribution >= 0.6 is 0 Å². The molecule has 0 radical (unpaired) electrons. The van der Waals surface area contributed by atoms with Crippen LogP contribution in [0.25, 0.3) is 0 Å². The molecule has 6 nitrogen and oxygen atoms in total. The zero-order valence-corrected chi connectivity index (χ0v) is 11.8. The monoisotopic (exact) mass is 268 g/mol. The van der Waals surface area contributed by atoms with Crippen molar-refractivity contribution >= 4 is 11.9 Å². The molecule has 0 bridgehead atoms. The highest BCUT2D eigenvalue weighted by Gasteiger charge is 2.43. The number of hydrogen-bond acceptors (Lipinski definition) is 4. The smallest absolute Gasteiger partial charge is 0.323 e. The maximum absolute atomic E-state index is 11.9. The van der Waals surface area contributed by atoms with Crippen LogP contribution in [0, 0.1) is 12.3 Å². The van der Waals surface area contributed by atoms with Gasteiger partial charge in [0.15, 0.2) is 5.41 Å². The minimum atomic E-state index is -1.59. The van der Waals surface area contributed by atoms with Crippen LogP contribution in [0.2, 0.25) is 0 Å². The number of aromatic nitrogens is 2. The van der Waals surface area contributed by atoms with Crippen molar-refractivity contribution in [3.8, 4) is 0 Å². The van der Waals surface area contributed by atoms with Crippen LogP contribution in [0.5, 0.6) is 0 Å². The van der Waals surface area contributed by atoms with Crippen LogP contribution in [0.3, 0.4) is 0 Å². The number of hydrogen-bond donors (Lipinski definition) is 1. The number of carbonyl (C=O) groups excluding carboxylic acids is 1. The van der Waals surface area contributed by atoms with Crippen LogP contribution in [-0.2, 0) is 27.3 Å². The van der Waals surface area contributed by atoms with Gasteiger partial charge in [0.25, 0.3) is 0 Å². The molecule has 1 N–H and O–H groups in total. The van der Waals surface area contributed by atoms with Gasteiger partial charge in [0.2, 0.25) is 0 Å². The molecule has 0 saturated carbocycles. The second-order valence-corrected chi connectivity index (χ2v) is 4.63. The molecule has 0 saturated heterocycles. The highest BCUT2D eigenvalue weighted by molar-refractivity contribution is 5.98. The van der Waals surface area contributed by atoms with Gasteiger partial charge in [-0.1, -0.05) is 0 Å². The molecule has 1 aromatic heterocycles. The summed E-state index contributed by atoms with van der Waals surface area (Å²) in [6.45, 7) is 7.57. The molecule has 1 unspecified atom stereocenters.